The number of carbonyl (C=O) groups is 1. The molecule has 1 saturated carbocycles. The molecule has 0 heterocycles. The molecule has 3 nitrogen and oxygen atoms in total. The fourth-order valence-electron chi connectivity index (χ4n) is 2.64. The summed E-state index contributed by atoms with van der Waals surface area (Å²) in [6, 6.07) is 7.11. The highest BCUT2D eigenvalue weighted by Gasteiger charge is 2.23. The molecule has 0 saturated heterocycles. The van der Waals surface area contributed by atoms with Gasteiger partial charge in [-0.2, -0.15) is 0 Å². The molecule has 1 fully saturated rings. The molecule has 1 aliphatic carbocycles. The van der Waals surface area contributed by atoms with Gasteiger partial charge in [-0.1, -0.05) is 44.1 Å². The lowest BCUT2D eigenvalue weighted by Gasteiger charge is -2.15. The van der Waals surface area contributed by atoms with Gasteiger partial charge in [0.25, 0.3) is 5.91 Å². The first-order valence-electron chi connectivity index (χ1n) is 6.76. The topological polar surface area (TPSA) is 55.1 Å². The second kappa shape index (κ2) is 6.15. The third-order valence-corrected chi connectivity index (χ3v) is 4.23. The number of thiocarbonyl (C=S) groups is 1. The zero-order chi connectivity index (χ0) is 13.8. The summed E-state index contributed by atoms with van der Waals surface area (Å²) in [4.78, 5) is 12.4. The molecule has 0 spiro atoms. The summed E-state index contributed by atoms with van der Waals surface area (Å²) in [5, 5.41) is 3.02. The first-order valence-corrected chi connectivity index (χ1v) is 7.17. The van der Waals surface area contributed by atoms with E-state index in [9.17, 15) is 4.79 Å². The van der Waals surface area contributed by atoms with Crippen LogP contribution in [0.5, 0.6) is 0 Å². The molecule has 0 radical (unpaired) electrons. The Morgan fingerprint density at radius 3 is 2.47 bits per heavy atom. The normalized spacial score (nSPS) is 22.2. The van der Waals surface area contributed by atoms with Crippen molar-refractivity contribution in [3.8, 4) is 0 Å². The third kappa shape index (κ3) is 3.53. The molecule has 1 aromatic rings. The van der Waals surface area contributed by atoms with E-state index in [2.05, 4.69) is 12.2 Å². The lowest BCUT2D eigenvalue weighted by atomic mass is 9.98. The standard InChI is InChI=1S/C15H20N2OS/c1-10-3-2-4-13(10)9-17-15(18)12-7-5-11(6-8-12)14(16)19/h5-8,10,13H,2-4,9H2,1H3,(H2,16,19)(H,17,18). The minimum Gasteiger partial charge on any atom is -0.389 e. The maximum absolute atomic E-state index is 12.0. The summed E-state index contributed by atoms with van der Waals surface area (Å²) in [6.45, 7) is 3.04. The molecule has 2 rings (SSSR count). The third-order valence-electron chi connectivity index (χ3n) is 4.00. The molecule has 1 amide bonds. The van der Waals surface area contributed by atoms with Gasteiger partial charge in [0.2, 0.25) is 0 Å². The molecule has 0 bridgehead atoms. The van der Waals surface area contributed by atoms with Crippen molar-refractivity contribution in [1.82, 2.24) is 5.32 Å². The van der Waals surface area contributed by atoms with E-state index in [1.165, 1.54) is 19.3 Å². The molecule has 1 aliphatic rings. The SMILES string of the molecule is CC1CCCC1CNC(=O)c1ccc(C(N)=S)cc1. The smallest absolute Gasteiger partial charge is 0.251 e. The van der Waals surface area contributed by atoms with E-state index in [1.54, 1.807) is 24.3 Å². The van der Waals surface area contributed by atoms with Crippen LogP contribution in [0, 0.1) is 11.8 Å². The number of carbonyl (C=O) groups excluding carboxylic acids is 1. The van der Waals surface area contributed by atoms with Crippen LogP contribution in [0.3, 0.4) is 0 Å². The molecular formula is C15H20N2OS. The average Bonchev–Trinajstić information content (AvgIpc) is 2.81. The Labute approximate surface area is 119 Å². The van der Waals surface area contributed by atoms with Crippen LogP contribution in [-0.2, 0) is 0 Å². The van der Waals surface area contributed by atoms with Gasteiger partial charge in [-0.05, 0) is 30.4 Å². The summed E-state index contributed by atoms with van der Waals surface area (Å²) in [6.07, 6.45) is 3.79. The fourth-order valence-corrected chi connectivity index (χ4v) is 2.77. The first-order chi connectivity index (χ1) is 9.08. The van der Waals surface area contributed by atoms with Crippen LogP contribution in [-0.4, -0.2) is 17.4 Å². The van der Waals surface area contributed by atoms with Crippen LogP contribution in [0.15, 0.2) is 24.3 Å². The average molecular weight is 276 g/mol. The molecule has 3 N–H and O–H groups in total. The van der Waals surface area contributed by atoms with Crippen molar-refractivity contribution in [2.45, 2.75) is 26.2 Å². The van der Waals surface area contributed by atoms with Crippen LogP contribution in [0.2, 0.25) is 0 Å². The molecule has 4 heteroatoms. The Bertz CT molecular complexity index is 470. The van der Waals surface area contributed by atoms with E-state index in [1.807, 2.05) is 0 Å². The van der Waals surface area contributed by atoms with E-state index in [0.717, 1.165) is 18.0 Å². The Balaban J connectivity index is 1.90. The second-order valence-corrected chi connectivity index (χ2v) is 5.76. The molecule has 0 aromatic heterocycles. The quantitative estimate of drug-likeness (QED) is 0.831. The number of nitrogens with two attached hydrogens (primary N) is 1. The van der Waals surface area contributed by atoms with Crippen molar-refractivity contribution in [2.75, 3.05) is 6.54 Å². The maximum Gasteiger partial charge on any atom is 0.251 e. The van der Waals surface area contributed by atoms with Gasteiger partial charge in [0.15, 0.2) is 0 Å². The summed E-state index contributed by atoms with van der Waals surface area (Å²) in [5.41, 5.74) is 6.97. The van der Waals surface area contributed by atoms with Gasteiger partial charge < -0.3 is 11.1 Å². The molecule has 102 valence electrons. The summed E-state index contributed by atoms with van der Waals surface area (Å²) >= 11 is 4.88. The minimum absolute atomic E-state index is 0.0198. The van der Waals surface area contributed by atoms with Crippen LogP contribution in [0.25, 0.3) is 0 Å². The van der Waals surface area contributed by atoms with Crippen LogP contribution in [0.1, 0.15) is 42.1 Å². The number of nitrogens with one attached hydrogen (secondary N) is 1. The fraction of sp³-hybridized carbons (Fsp3) is 0.467. The van der Waals surface area contributed by atoms with Gasteiger partial charge in [-0.25, -0.2) is 0 Å². The number of amides is 1. The Kier molecular flexibility index (Phi) is 4.53. The molecular weight excluding hydrogens is 256 g/mol. The van der Waals surface area contributed by atoms with Crippen molar-refractivity contribution < 1.29 is 4.79 Å². The Hall–Kier alpha value is -1.42. The first kappa shape index (κ1) is 14.0. The number of hydrogen-bond donors (Lipinski definition) is 2. The van der Waals surface area contributed by atoms with Gasteiger partial charge in [0.1, 0.15) is 4.99 Å². The van der Waals surface area contributed by atoms with Gasteiger partial charge in [0.05, 0.1) is 0 Å². The molecule has 0 aliphatic heterocycles. The lowest BCUT2D eigenvalue weighted by Crippen LogP contribution is -2.30. The van der Waals surface area contributed by atoms with Gasteiger partial charge in [-0.15, -0.1) is 0 Å². The van der Waals surface area contributed by atoms with Crippen LogP contribution < -0.4 is 11.1 Å². The highest BCUT2D eigenvalue weighted by atomic mass is 32.1. The monoisotopic (exact) mass is 276 g/mol. The summed E-state index contributed by atoms with van der Waals surface area (Å²) in [7, 11) is 0. The molecule has 1 aromatic carbocycles. The Morgan fingerprint density at radius 2 is 1.95 bits per heavy atom. The second-order valence-electron chi connectivity index (χ2n) is 5.32. The highest BCUT2D eigenvalue weighted by molar-refractivity contribution is 7.80. The number of hydrogen-bond acceptors (Lipinski definition) is 2. The number of rotatable bonds is 4. The van der Waals surface area contributed by atoms with Crippen molar-refractivity contribution >= 4 is 23.1 Å². The van der Waals surface area contributed by atoms with Crippen molar-refractivity contribution in [1.29, 1.82) is 0 Å². The van der Waals surface area contributed by atoms with Crippen LogP contribution >= 0.6 is 12.2 Å². The number of benzene rings is 1. The van der Waals surface area contributed by atoms with E-state index >= 15 is 0 Å². The van der Waals surface area contributed by atoms with Gasteiger partial charge in [0, 0.05) is 17.7 Å². The summed E-state index contributed by atoms with van der Waals surface area (Å²) < 4.78 is 0. The van der Waals surface area contributed by atoms with E-state index < -0.39 is 0 Å². The maximum atomic E-state index is 12.0. The van der Waals surface area contributed by atoms with E-state index in [4.69, 9.17) is 18.0 Å². The van der Waals surface area contributed by atoms with Gasteiger partial charge in [-0.3, -0.25) is 4.79 Å². The molecule has 2 atom stereocenters. The zero-order valence-corrected chi connectivity index (χ0v) is 12.0. The predicted octanol–water partition coefficient (Wildman–Crippen LogP) is 2.49. The van der Waals surface area contributed by atoms with Crippen molar-refractivity contribution in [3.05, 3.63) is 35.4 Å². The summed E-state index contributed by atoms with van der Waals surface area (Å²) in [5.74, 6) is 1.32. The largest absolute Gasteiger partial charge is 0.389 e. The molecule has 2 unspecified atom stereocenters. The highest BCUT2D eigenvalue weighted by Crippen LogP contribution is 2.30. The lowest BCUT2D eigenvalue weighted by molar-refractivity contribution is 0.0944. The van der Waals surface area contributed by atoms with Crippen molar-refractivity contribution in [2.24, 2.45) is 17.6 Å². The van der Waals surface area contributed by atoms with Crippen molar-refractivity contribution in [3.63, 3.8) is 0 Å². The van der Waals surface area contributed by atoms with Crippen LogP contribution in [0.4, 0.5) is 0 Å². The Morgan fingerprint density at radius 1 is 1.32 bits per heavy atom. The predicted molar refractivity (Wildman–Crippen MR) is 81.2 cm³/mol. The minimum atomic E-state index is -0.0198. The zero-order valence-electron chi connectivity index (χ0n) is 11.2. The van der Waals surface area contributed by atoms with E-state index in [-0.39, 0.29) is 5.91 Å². The van der Waals surface area contributed by atoms with Gasteiger partial charge >= 0.3 is 0 Å². The van der Waals surface area contributed by atoms with E-state index in [0.29, 0.717) is 16.5 Å². The molecule has 19 heavy (non-hydrogen) atoms.